The van der Waals surface area contributed by atoms with Crippen molar-refractivity contribution < 1.29 is 17.9 Å². The zero-order chi connectivity index (χ0) is 19.6. The third-order valence-corrected chi connectivity index (χ3v) is 8.09. The molecule has 1 fully saturated rings. The minimum absolute atomic E-state index is 0.227. The Bertz CT molecular complexity index is 915. The molecular formula is C18H21ClN2O4S2. The molecular weight excluding hydrogens is 408 g/mol. The fraction of sp³-hybridized carbons (Fsp3) is 0.389. The first-order chi connectivity index (χ1) is 12.8. The van der Waals surface area contributed by atoms with Gasteiger partial charge in [0, 0.05) is 30.7 Å². The van der Waals surface area contributed by atoms with Gasteiger partial charge in [-0.2, -0.15) is 4.31 Å². The molecule has 0 radical (unpaired) electrons. The van der Waals surface area contributed by atoms with E-state index in [1.807, 2.05) is 0 Å². The van der Waals surface area contributed by atoms with Crippen LogP contribution in [0.2, 0.25) is 5.02 Å². The maximum atomic E-state index is 13.0. The van der Waals surface area contributed by atoms with Crippen LogP contribution < -0.4 is 4.74 Å². The molecule has 1 aromatic carbocycles. The van der Waals surface area contributed by atoms with Crippen molar-refractivity contribution in [2.75, 3.05) is 20.7 Å². The number of hydrogen-bond donors (Lipinski definition) is 0. The lowest BCUT2D eigenvalue weighted by Crippen LogP contribution is -2.46. The summed E-state index contributed by atoms with van der Waals surface area (Å²) in [7, 11) is -0.437. The predicted octanol–water partition coefficient (Wildman–Crippen LogP) is 3.22. The van der Waals surface area contributed by atoms with Gasteiger partial charge in [0.15, 0.2) is 0 Å². The van der Waals surface area contributed by atoms with Gasteiger partial charge in [-0.25, -0.2) is 8.42 Å². The third kappa shape index (κ3) is 4.13. The van der Waals surface area contributed by atoms with Gasteiger partial charge in [-0.3, -0.25) is 4.79 Å². The molecule has 1 atom stereocenters. The Hall–Kier alpha value is -1.61. The SMILES string of the molecule is COc1ccc(Cl)cc1CN(C)C(=O)C1CCCN1S(=O)(=O)c1cccs1. The van der Waals surface area contributed by atoms with Gasteiger partial charge in [-0.05, 0) is 42.5 Å². The number of thiophene rings is 1. The maximum Gasteiger partial charge on any atom is 0.253 e. The monoisotopic (exact) mass is 428 g/mol. The van der Waals surface area contributed by atoms with E-state index in [0.717, 1.165) is 16.9 Å². The van der Waals surface area contributed by atoms with Crippen LogP contribution in [0, 0.1) is 0 Å². The summed E-state index contributed by atoms with van der Waals surface area (Å²) in [4.78, 5) is 14.5. The van der Waals surface area contributed by atoms with E-state index in [0.29, 0.717) is 30.2 Å². The van der Waals surface area contributed by atoms with Crippen LogP contribution in [0.4, 0.5) is 0 Å². The van der Waals surface area contributed by atoms with E-state index in [-0.39, 0.29) is 16.7 Å². The number of amides is 1. The fourth-order valence-corrected chi connectivity index (χ4v) is 6.22. The summed E-state index contributed by atoms with van der Waals surface area (Å²) in [6.07, 6.45) is 1.18. The minimum Gasteiger partial charge on any atom is -0.496 e. The number of ether oxygens (including phenoxy) is 1. The van der Waals surface area contributed by atoms with Crippen LogP contribution in [-0.2, 0) is 21.4 Å². The third-order valence-electron chi connectivity index (χ3n) is 4.57. The van der Waals surface area contributed by atoms with E-state index < -0.39 is 16.1 Å². The van der Waals surface area contributed by atoms with Crippen molar-refractivity contribution in [1.82, 2.24) is 9.21 Å². The van der Waals surface area contributed by atoms with Crippen molar-refractivity contribution in [2.24, 2.45) is 0 Å². The van der Waals surface area contributed by atoms with Crippen LogP contribution in [0.15, 0.2) is 39.9 Å². The number of rotatable bonds is 6. The highest BCUT2D eigenvalue weighted by molar-refractivity contribution is 7.91. The lowest BCUT2D eigenvalue weighted by molar-refractivity contribution is -0.133. The molecule has 0 N–H and O–H groups in total. The molecule has 3 rings (SSSR count). The van der Waals surface area contributed by atoms with E-state index in [9.17, 15) is 13.2 Å². The smallest absolute Gasteiger partial charge is 0.253 e. The standard InChI is InChI=1S/C18H21ClN2O4S2/c1-20(12-13-11-14(19)7-8-16(13)25-2)18(22)15-5-3-9-21(15)27(23,24)17-6-4-10-26-17/h4,6-8,10-11,15H,3,5,9,12H2,1-2H3. The van der Waals surface area contributed by atoms with Gasteiger partial charge in [0.05, 0.1) is 7.11 Å². The lowest BCUT2D eigenvalue weighted by Gasteiger charge is -2.27. The Balaban J connectivity index is 1.79. The Morgan fingerprint density at radius 3 is 2.85 bits per heavy atom. The second kappa shape index (κ2) is 8.18. The number of hydrogen-bond acceptors (Lipinski definition) is 5. The Morgan fingerprint density at radius 1 is 1.41 bits per heavy atom. The van der Waals surface area contributed by atoms with Crippen molar-refractivity contribution >= 4 is 38.9 Å². The van der Waals surface area contributed by atoms with Gasteiger partial charge < -0.3 is 9.64 Å². The summed E-state index contributed by atoms with van der Waals surface area (Å²) in [5.41, 5.74) is 0.770. The van der Waals surface area contributed by atoms with Crippen molar-refractivity contribution in [3.8, 4) is 5.75 Å². The summed E-state index contributed by atoms with van der Waals surface area (Å²) in [6, 6.07) is 7.80. The zero-order valence-corrected chi connectivity index (χ0v) is 17.5. The second-order valence-electron chi connectivity index (χ2n) is 6.36. The van der Waals surface area contributed by atoms with Crippen LogP contribution in [0.5, 0.6) is 5.75 Å². The van der Waals surface area contributed by atoms with Crippen molar-refractivity contribution in [3.05, 3.63) is 46.3 Å². The van der Waals surface area contributed by atoms with E-state index in [1.54, 1.807) is 49.9 Å². The summed E-state index contributed by atoms with van der Waals surface area (Å²) in [5.74, 6) is 0.406. The van der Waals surface area contributed by atoms with Crippen LogP contribution in [-0.4, -0.2) is 50.3 Å². The van der Waals surface area contributed by atoms with Gasteiger partial charge >= 0.3 is 0 Å². The topological polar surface area (TPSA) is 66.9 Å². The quantitative estimate of drug-likeness (QED) is 0.708. The number of nitrogens with zero attached hydrogens (tertiary/aromatic N) is 2. The molecule has 146 valence electrons. The number of benzene rings is 1. The Kier molecular flexibility index (Phi) is 6.10. The average Bonchev–Trinajstić information content (AvgIpc) is 3.33. The minimum atomic E-state index is -3.66. The van der Waals surface area contributed by atoms with Crippen molar-refractivity contribution in [2.45, 2.75) is 29.6 Å². The van der Waals surface area contributed by atoms with Gasteiger partial charge in [0.1, 0.15) is 16.0 Å². The van der Waals surface area contributed by atoms with Gasteiger partial charge in [-0.15, -0.1) is 11.3 Å². The molecule has 0 aliphatic carbocycles. The van der Waals surface area contributed by atoms with E-state index in [1.165, 1.54) is 9.21 Å². The summed E-state index contributed by atoms with van der Waals surface area (Å²) >= 11 is 7.22. The molecule has 1 aromatic heterocycles. The Labute approximate surface area is 168 Å². The number of sulfonamides is 1. The molecule has 1 aliphatic rings. The number of halogens is 1. The van der Waals surface area contributed by atoms with E-state index >= 15 is 0 Å². The normalized spacial score (nSPS) is 17.8. The molecule has 2 aromatic rings. The lowest BCUT2D eigenvalue weighted by atomic mass is 10.1. The molecule has 1 aliphatic heterocycles. The van der Waals surface area contributed by atoms with Crippen LogP contribution in [0.3, 0.4) is 0 Å². The molecule has 9 heteroatoms. The first kappa shape index (κ1) is 20.1. The molecule has 1 unspecified atom stereocenters. The van der Waals surface area contributed by atoms with Crippen LogP contribution in [0.1, 0.15) is 18.4 Å². The second-order valence-corrected chi connectivity index (χ2v) is 9.86. The molecule has 0 bridgehead atoms. The molecule has 6 nitrogen and oxygen atoms in total. The van der Waals surface area contributed by atoms with Crippen molar-refractivity contribution in [3.63, 3.8) is 0 Å². The van der Waals surface area contributed by atoms with Gasteiger partial charge in [0.2, 0.25) is 5.91 Å². The molecule has 0 saturated carbocycles. The highest BCUT2D eigenvalue weighted by Crippen LogP contribution is 2.30. The molecule has 2 heterocycles. The maximum absolute atomic E-state index is 13.0. The largest absolute Gasteiger partial charge is 0.496 e. The molecule has 1 amide bonds. The summed E-state index contributed by atoms with van der Waals surface area (Å²) < 4.78 is 32.6. The number of carbonyl (C=O) groups excluding carboxylic acids is 1. The van der Waals surface area contributed by atoms with Crippen LogP contribution >= 0.6 is 22.9 Å². The number of methoxy groups -OCH3 is 1. The first-order valence-corrected chi connectivity index (χ1v) is 11.2. The highest BCUT2D eigenvalue weighted by atomic mass is 35.5. The van der Waals surface area contributed by atoms with E-state index in [2.05, 4.69) is 0 Å². The molecule has 0 spiro atoms. The van der Waals surface area contributed by atoms with E-state index in [4.69, 9.17) is 16.3 Å². The summed E-state index contributed by atoms with van der Waals surface area (Å²) in [6.45, 7) is 0.636. The van der Waals surface area contributed by atoms with Gasteiger partial charge in [0.25, 0.3) is 10.0 Å². The Morgan fingerprint density at radius 2 is 2.19 bits per heavy atom. The van der Waals surface area contributed by atoms with Crippen LogP contribution in [0.25, 0.3) is 0 Å². The highest BCUT2D eigenvalue weighted by Gasteiger charge is 2.41. The zero-order valence-electron chi connectivity index (χ0n) is 15.1. The average molecular weight is 429 g/mol. The number of carbonyl (C=O) groups is 1. The summed E-state index contributed by atoms with van der Waals surface area (Å²) in [5, 5.41) is 2.27. The fourth-order valence-electron chi connectivity index (χ4n) is 3.26. The molecule has 1 saturated heterocycles. The predicted molar refractivity (Wildman–Crippen MR) is 106 cm³/mol. The number of likely N-dealkylation sites (N-methyl/N-ethyl adjacent to an activating group) is 1. The first-order valence-electron chi connectivity index (χ1n) is 8.47. The van der Waals surface area contributed by atoms with Gasteiger partial charge in [-0.1, -0.05) is 17.7 Å². The van der Waals surface area contributed by atoms with Crippen molar-refractivity contribution in [1.29, 1.82) is 0 Å². The molecule has 27 heavy (non-hydrogen) atoms.